The zero-order valence-corrected chi connectivity index (χ0v) is 10.4. The Balaban J connectivity index is 3.03. The molecule has 1 rings (SSSR count). The summed E-state index contributed by atoms with van der Waals surface area (Å²) in [6.45, 7) is 1.36. The second kappa shape index (κ2) is 6.14. The van der Waals surface area contributed by atoms with Crippen molar-refractivity contribution in [3.63, 3.8) is 0 Å². The first-order chi connectivity index (χ1) is 8.81. The highest BCUT2D eigenvalue weighted by atomic mass is 31.1. The zero-order chi connectivity index (χ0) is 14.6. The van der Waals surface area contributed by atoms with E-state index < -0.39 is 35.7 Å². The van der Waals surface area contributed by atoms with Crippen molar-refractivity contribution in [2.45, 2.75) is 13.2 Å². The van der Waals surface area contributed by atoms with Gasteiger partial charge in [-0.25, -0.2) is 0 Å². The zero-order valence-electron chi connectivity index (χ0n) is 9.55. The van der Waals surface area contributed by atoms with E-state index in [0.717, 1.165) is 18.2 Å². The van der Waals surface area contributed by atoms with Crippen LogP contribution in [-0.2, 0) is 9.09 Å². The smallest absolute Gasteiger partial charge is 0.351 e. The third kappa shape index (κ3) is 4.21. The van der Waals surface area contributed by atoms with Crippen molar-refractivity contribution in [1.82, 2.24) is 0 Å². The quantitative estimate of drug-likeness (QED) is 0.349. The summed E-state index contributed by atoms with van der Waals surface area (Å²) >= 11 is 0. The van der Waals surface area contributed by atoms with Crippen LogP contribution in [0.4, 0.5) is 17.1 Å². The predicted octanol–water partition coefficient (Wildman–Crippen LogP) is 1.93. The molecule has 11 heteroatoms. The Morgan fingerprint density at radius 1 is 1.37 bits per heavy atom. The highest BCUT2D eigenvalue weighted by Gasteiger charge is 2.24. The molecule has 10 nitrogen and oxygen atoms in total. The summed E-state index contributed by atoms with van der Waals surface area (Å²) in [7, 11) is -2.87. The van der Waals surface area contributed by atoms with Crippen LogP contribution in [0.25, 0.3) is 0 Å². The number of nitrogens with zero attached hydrogens (tertiary/aromatic N) is 2. The molecule has 1 aromatic rings. The van der Waals surface area contributed by atoms with Gasteiger partial charge in [-0.15, -0.1) is 4.89 Å². The molecule has 19 heavy (non-hydrogen) atoms. The number of nitrogens with one attached hydrogen (secondary N) is 1. The molecule has 0 saturated heterocycles. The number of nitro benzene ring substituents is 2. The van der Waals surface area contributed by atoms with E-state index in [1.165, 1.54) is 6.92 Å². The van der Waals surface area contributed by atoms with E-state index in [9.17, 15) is 24.8 Å². The molecule has 0 aliphatic rings. The summed E-state index contributed by atoms with van der Waals surface area (Å²) in [6, 6.07) is 2.98. The van der Waals surface area contributed by atoms with Crippen molar-refractivity contribution in [2.75, 3.05) is 5.32 Å². The average molecular weight is 290 g/mol. The molecular weight excluding hydrogens is 281 g/mol. The molecular formula is C8H9N3O7P+. The van der Waals surface area contributed by atoms with Gasteiger partial charge in [-0.1, -0.05) is 4.52 Å². The van der Waals surface area contributed by atoms with Crippen LogP contribution < -0.4 is 5.32 Å². The first kappa shape index (κ1) is 14.9. The summed E-state index contributed by atoms with van der Waals surface area (Å²) in [5, 5.41) is 23.8. The fourth-order valence-electron chi connectivity index (χ4n) is 1.29. The lowest BCUT2D eigenvalue weighted by atomic mass is 10.2. The molecule has 0 saturated carbocycles. The molecule has 0 fully saturated rings. The Kier molecular flexibility index (Phi) is 4.81. The second-order valence-corrected chi connectivity index (χ2v) is 4.03. The summed E-state index contributed by atoms with van der Waals surface area (Å²) in [6.07, 6.45) is -0.978. The molecule has 2 unspecified atom stereocenters. The van der Waals surface area contributed by atoms with Crippen molar-refractivity contribution < 1.29 is 23.8 Å². The molecule has 0 aliphatic heterocycles. The molecule has 0 spiro atoms. The Labute approximate surface area is 107 Å². The third-order valence-corrected chi connectivity index (χ3v) is 2.49. The molecule has 0 amide bonds. The molecule has 2 N–H and O–H groups in total. The van der Waals surface area contributed by atoms with E-state index in [0.29, 0.717) is 0 Å². The Bertz CT molecular complexity index is 535. The van der Waals surface area contributed by atoms with Gasteiger partial charge in [-0.3, -0.25) is 20.2 Å². The predicted molar refractivity (Wildman–Crippen MR) is 63.7 cm³/mol. The topological polar surface area (TPSA) is 145 Å². The number of benzene rings is 1. The average Bonchev–Trinajstić information content (AvgIpc) is 2.27. The Morgan fingerprint density at radius 2 is 2.00 bits per heavy atom. The van der Waals surface area contributed by atoms with Gasteiger partial charge in [0.05, 0.1) is 15.9 Å². The van der Waals surface area contributed by atoms with Crippen LogP contribution in [0.2, 0.25) is 0 Å². The normalized spacial score (nSPS) is 12.6. The SMILES string of the molecule is CC(Nc1ccc([N+](=O)[O-])cc1[N+](=O)[O-])O[P+](=O)O. The largest absolute Gasteiger partial charge is 0.696 e. The maximum atomic E-state index is 10.8. The molecule has 0 radical (unpaired) electrons. The first-order valence-corrected chi connectivity index (χ1v) is 5.96. The molecule has 0 aromatic heterocycles. The first-order valence-electron chi connectivity index (χ1n) is 4.83. The van der Waals surface area contributed by atoms with E-state index >= 15 is 0 Å². The van der Waals surface area contributed by atoms with Crippen molar-refractivity contribution in [3.8, 4) is 0 Å². The van der Waals surface area contributed by atoms with Crippen LogP contribution in [0.1, 0.15) is 6.92 Å². The van der Waals surface area contributed by atoms with Crippen molar-refractivity contribution in [2.24, 2.45) is 0 Å². The highest BCUT2D eigenvalue weighted by Crippen LogP contribution is 2.30. The van der Waals surface area contributed by atoms with Crippen LogP contribution in [0.3, 0.4) is 0 Å². The lowest BCUT2D eigenvalue weighted by Gasteiger charge is -2.08. The lowest BCUT2D eigenvalue weighted by molar-refractivity contribution is -0.393. The van der Waals surface area contributed by atoms with Gasteiger partial charge in [0.1, 0.15) is 5.69 Å². The van der Waals surface area contributed by atoms with E-state index in [4.69, 9.17) is 4.89 Å². The summed E-state index contributed by atoms with van der Waals surface area (Å²) in [4.78, 5) is 28.3. The molecule has 0 heterocycles. The van der Waals surface area contributed by atoms with Gasteiger partial charge in [0.25, 0.3) is 11.4 Å². The van der Waals surface area contributed by atoms with E-state index in [1.807, 2.05) is 0 Å². The third-order valence-electron chi connectivity index (χ3n) is 2.00. The number of nitro groups is 2. The van der Waals surface area contributed by atoms with Gasteiger partial charge < -0.3 is 5.32 Å². The number of non-ortho nitro benzene ring substituents is 1. The maximum Gasteiger partial charge on any atom is 0.696 e. The van der Waals surface area contributed by atoms with Crippen LogP contribution in [0.15, 0.2) is 18.2 Å². The molecule has 0 aliphatic carbocycles. The van der Waals surface area contributed by atoms with Gasteiger partial charge in [0, 0.05) is 10.6 Å². The standard InChI is InChI=1S/C8H8N3O7P/c1-5(18-19(16)17)9-7-3-2-6(10(12)13)4-8(7)11(14)15/h2-5,9H,1H3/p+1. The van der Waals surface area contributed by atoms with Crippen LogP contribution in [-0.4, -0.2) is 21.0 Å². The molecule has 0 bridgehead atoms. The molecule has 102 valence electrons. The van der Waals surface area contributed by atoms with Crippen LogP contribution in [0.5, 0.6) is 0 Å². The van der Waals surface area contributed by atoms with Crippen LogP contribution >= 0.6 is 8.25 Å². The summed E-state index contributed by atoms with van der Waals surface area (Å²) < 4.78 is 14.9. The van der Waals surface area contributed by atoms with Gasteiger partial charge in [0.15, 0.2) is 6.23 Å². The van der Waals surface area contributed by atoms with Crippen LogP contribution in [0, 0.1) is 20.2 Å². The van der Waals surface area contributed by atoms with Gasteiger partial charge in [-0.05, 0) is 13.0 Å². The van der Waals surface area contributed by atoms with Gasteiger partial charge >= 0.3 is 8.25 Å². The molecule has 1 aromatic carbocycles. The number of hydrogen-bond donors (Lipinski definition) is 2. The van der Waals surface area contributed by atoms with E-state index in [-0.39, 0.29) is 5.69 Å². The van der Waals surface area contributed by atoms with Crippen molar-refractivity contribution >= 4 is 25.3 Å². The van der Waals surface area contributed by atoms with E-state index in [2.05, 4.69) is 9.84 Å². The fraction of sp³-hybridized carbons (Fsp3) is 0.250. The minimum atomic E-state index is -2.87. The number of hydrogen-bond acceptors (Lipinski definition) is 7. The minimum Gasteiger partial charge on any atom is -0.351 e. The van der Waals surface area contributed by atoms with Gasteiger partial charge in [0.2, 0.25) is 0 Å². The van der Waals surface area contributed by atoms with Crippen molar-refractivity contribution in [1.29, 1.82) is 0 Å². The number of rotatable bonds is 6. The summed E-state index contributed by atoms with van der Waals surface area (Å²) in [5.41, 5.74) is -1.02. The second-order valence-electron chi connectivity index (χ2n) is 3.35. The highest BCUT2D eigenvalue weighted by molar-refractivity contribution is 7.32. The lowest BCUT2D eigenvalue weighted by Crippen LogP contribution is -2.16. The summed E-state index contributed by atoms with van der Waals surface area (Å²) in [5.74, 6) is 0. The molecule has 2 atom stereocenters. The van der Waals surface area contributed by atoms with Crippen molar-refractivity contribution in [3.05, 3.63) is 38.4 Å². The minimum absolute atomic E-state index is 0.0556. The Morgan fingerprint density at radius 3 is 2.47 bits per heavy atom. The van der Waals surface area contributed by atoms with Gasteiger partial charge in [-0.2, -0.15) is 0 Å². The Hall–Kier alpha value is -2.16. The number of anilines is 1. The fourth-order valence-corrected chi connectivity index (χ4v) is 1.61. The maximum absolute atomic E-state index is 10.8. The van der Waals surface area contributed by atoms with E-state index in [1.54, 1.807) is 0 Å². The monoisotopic (exact) mass is 290 g/mol.